The third kappa shape index (κ3) is 3.52. The summed E-state index contributed by atoms with van der Waals surface area (Å²) in [6.07, 6.45) is -9.96. The lowest BCUT2D eigenvalue weighted by atomic mass is 9.92. The summed E-state index contributed by atoms with van der Waals surface area (Å²) in [6.45, 7) is -1.27. The Morgan fingerprint density at radius 2 is 1.47 bits per heavy atom. The molecule has 19 heavy (non-hydrogen) atoms. The zero-order valence-electron chi connectivity index (χ0n) is 9.22. The molecule has 0 heterocycles. The Labute approximate surface area is 110 Å². The van der Waals surface area contributed by atoms with Gasteiger partial charge in [0.2, 0.25) is 0 Å². The van der Waals surface area contributed by atoms with Crippen molar-refractivity contribution >= 4 is 12.4 Å². The first kappa shape index (κ1) is 18.0. The topological polar surface area (TPSA) is 46.2 Å². The van der Waals surface area contributed by atoms with Crippen molar-refractivity contribution in [2.45, 2.75) is 18.0 Å². The van der Waals surface area contributed by atoms with E-state index in [1.807, 2.05) is 0 Å². The van der Waals surface area contributed by atoms with E-state index in [-0.39, 0.29) is 18.5 Å². The molecule has 1 atom stereocenters. The van der Waals surface area contributed by atoms with Gasteiger partial charge in [-0.2, -0.15) is 26.3 Å². The lowest BCUT2D eigenvalue weighted by Crippen LogP contribution is -2.48. The highest BCUT2D eigenvalue weighted by molar-refractivity contribution is 5.85. The van der Waals surface area contributed by atoms with Crippen molar-refractivity contribution in [3.05, 3.63) is 35.4 Å². The molecule has 0 fully saturated rings. The normalized spacial score (nSPS) is 15.6. The summed E-state index contributed by atoms with van der Waals surface area (Å²) < 4.78 is 74.9. The second-order valence-corrected chi connectivity index (χ2v) is 3.64. The maximum absolute atomic E-state index is 12.6. The molecular weight excluding hydrogens is 300 g/mol. The van der Waals surface area contributed by atoms with E-state index in [0.29, 0.717) is 6.07 Å². The Hall–Kier alpha value is -0.990. The monoisotopic (exact) mass is 309 g/mol. The van der Waals surface area contributed by atoms with Crippen molar-refractivity contribution in [3.8, 4) is 0 Å². The molecule has 1 aromatic carbocycles. The van der Waals surface area contributed by atoms with Crippen LogP contribution in [0, 0.1) is 0 Å². The quantitative estimate of drug-likeness (QED) is 0.825. The van der Waals surface area contributed by atoms with Gasteiger partial charge in [-0.05, 0) is 17.7 Å². The minimum absolute atomic E-state index is 0. The van der Waals surface area contributed by atoms with Gasteiger partial charge in [0.15, 0.2) is 5.60 Å². The molecule has 1 rings (SSSR count). The molecule has 1 aromatic rings. The van der Waals surface area contributed by atoms with Crippen LogP contribution in [0.15, 0.2) is 24.3 Å². The van der Waals surface area contributed by atoms with E-state index in [9.17, 15) is 31.4 Å². The van der Waals surface area contributed by atoms with E-state index in [0.717, 1.165) is 12.1 Å². The summed E-state index contributed by atoms with van der Waals surface area (Å²) in [5.41, 5.74) is -0.878. The first-order chi connectivity index (χ1) is 8.02. The van der Waals surface area contributed by atoms with E-state index < -0.39 is 35.6 Å². The molecule has 0 amide bonds. The molecule has 9 heteroatoms. The molecule has 0 aromatic heterocycles. The molecule has 3 N–H and O–H groups in total. The second-order valence-electron chi connectivity index (χ2n) is 3.64. The second kappa shape index (κ2) is 5.56. The minimum Gasteiger partial charge on any atom is -0.375 e. The van der Waals surface area contributed by atoms with Gasteiger partial charge in [0.05, 0.1) is 5.56 Å². The molecule has 110 valence electrons. The third-order valence-electron chi connectivity index (χ3n) is 2.43. The van der Waals surface area contributed by atoms with Crippen LogP contribution in [0.4, 0.5) is 26.3 Å². The first-order valence-corrected chi connectivity index (χ1v) is 4.69. The molecule has 0 aliphatic carbocycles. The fourth-order valence-electron chi connectivity index (χ4n) is 1.35. The number of halogens is 7. The summed E-state index contributed by atoms with van der Waals surface area (Å²) in [7, 11) is 0. The molecule has 0 aliphatic heterocycles. The number of nitrogens with two attached hydrogens (primary N) is 1. The van der Waals surface area contributed by atoms with E-state index in [1.165, 1.54) is 0 Å². The Morgan fingerprint density at radius 3 is 1.84 bits per heavy atom. The van der Waals surface area contributed by atoms with Crippen LogP contribution in [-0.2, 0) is 11.8 Å². The van der Waals surface area contributed by atoms with Crippen LogP contribution < -0.4 is 5.73 Å². The maximum Gasteiger partial charge on any atom is 0.422 e. The number of benzene rings is 1. The zero-order valence-corrected chi connectivity index (χ0v) is 10.0. The molecule has 0 radical (unpaired) electrons. The van der Waals surface area contributed by atoms with Crippen LogP contribution in [0.3, 0.4) is 0 Å². The molecule has 0 spiro atoms. The predicted molar refractivity (Wildman–Crippen MR) is 57.7 cm³/mol. The number of hydrogen-bond donors (Lipinski definition) is 2. The lowest BCUT2D eigenvalue weighted by molar-refractivity contribution is -0.262. The smallest absolute Gasteiger partial charge is 0.375 e. The zero-order chi connectivity index (χ0) is 14.2. The van der Waals surface area contributed by atoms with Crippen LogP contribution in [-0.4, -0.2) is 17.8 Å². The highest BCUT2D eigenvalue weighted by Crippen LogP contribution is 2.40. The standard InChI is InChI=1S/C10H9F6NO.ClH/c11-9(12,13)7-3-1-2-6(4-7)8(18,5-17)10(14,15)16;/h1-4,18H,5,17H2;1H. The van der Waals surface area contributed by atoms with Crippen molar-refractivity contribution in [1.29, 1.82) is 0 Å². The average Bonchev–Trinajstić information content (AvgIpc) is 2.25. The van der Waals surface area contributed by atoms with Gasteiger partial charge >= 0.3 is 12.4 Å². The predicted octanol–water partition coefficient (Wildman–Crippen LogP) is 2.84. The summed E-state index contributed by atoms with van der Waals surface area (Å²) in [5, 5.41) is 9.40. The van der Waals surface area contributed by atoms with E-state index in [2.05, 4.69) is 0 Å². The number of aliphatic hydroxyl groups is 1. The Morgan fingerprint density at radius 1 is 1.00 bits per heavy atom. The SMILES string of the molecule is Cl.NCC(O)(c1cccc(C(F)(F)F)c1)C(F)(F)F. The number of hydrogen-bond acceptors (Lipinski definition) is 2. The minimum atomic E-state index is -5.16. The van der Waals surface area contributed by atoms with Crippen molar-refractivity contribution in [2.75, 3.05) is 6.54 Å². The Bertz CT molecular complexity index is 433. The highest BCUT2D eigenvalue weighted by atomic mass is 35.5. The molecule has 2 nitrogen and oxygen atoms in total. The van der Waals surface area contributed by atoms with Gasteiger partial charge in [-0.25, -0.2) is 0 Å². The summed E-state index contributed by atoms with van der Waals surface area (Å²) in [6, 6.07) is 2.37. The van der Waals surface area contributed by atoms with Gasteiger partial charge in [0, 0.05) is 6.54 Å². The van der Waals surface area contributed by atoms with E-state index >= 15 is 0 Å². The van der Waals surface area contributed by atoms with Crippen molar-refractivity contribution in [2.24, 2.45) is 5.73 Å². The van der Waals surface area contributed by atoms with E-state index in [4.69, 9.17) is 5.73 Å². The molecule has 0 aliphatic rings. The Balaban J connectivity index is 0.00000324. The van der Waals surface area contributed by atoms with Gasteiger partial charge in [-0.3, -0.25) is 0 Å². The maximum atomic E-state index is 12.6. The summed E-state index contributed by atoms with van der Waals surface area (Å²) in [5.74, 6) is 0. The number of alkyl halides is 6. The van der Waals surface area contributed by atoms with Crippen LogP contribution in [0.25, 0.3) is 0 Å². The molecule has 0 saturated heterocycles. The van der Waals surface area contributed by atoms with Crippen LogP contribution >= 0.6 is 12.4 Å². The Kier molecular flexibility index (Phi) is 5.27. The van der Waals surface area contributed by atoms with Crippen molar-refractivity contribution in [1.82, 2.24) is 0 Å². The van der Waals surface area contributed by atoms with Crippen LogP contribution in [0.2, 0.25) is 0 Å². The highest BCUT2D eigenvalue weighted by Gasteiger charge is 2.54. The van der Waals surface area contributed by atoms with Gasteiger partial charge in [0.25, 0.3) is 0 Å². The van der Waals surface area contributed by atoms with Gasteiger partial charge in [0.1, 0.15) is 0 Å². The van der Waals surface area contributed by atoms with Crippen LogP contribution in [0.1, 0.15) is 11.1 Å². The molecule has 0 bridgehead atoms. The van der Waals surface area contributed by atoms with E-state index in [1.54, 1.807) is 0 Å². The summed E-state index contributed by atoms with van der Waals surface area (Å²) >= 11 is 0. The van der Waals surface area contributed by atoms with Gasteiger partial charge < -0.3 is 10.8 Å². The lowest BCUT2D eigenvalue weighted by Gasteiger charge is -2.29. The average molecular weight is 310 g/mol. The van der Waals surface area contributed by atoms with Gasteiger partial charge in [-0.15, -0.1) is 12.4 Å². The third-order valence-corrected chi connectivity index (χ3v) is 2.43. The van der Waals surface area contributed by atoms with Crippen molar-refractivity contribution in [3.63, 3.8) is 0 Å². The summed E-state index contributed by atoms with van der Waals surface area (Å²) in [4.78, 5) is 0. The van der Waals surface area contributed by atoms with Crippen LogP contribution in [0.5, 0.6) is 0 Å². The first-order valence-electron chi connectivity index (χ1n) is 4.69. The van der Waals surface area contributed by atoms with Gasteiger partial charge in [-0.1, -0.05) is 12.1 Å². The number of rotatable bonds is 2. The fourth-order valence-corrected chi connectivity index (χ4v) is 1.35. The molecule has 1 unspecified atom stereocenters. The molecule has 0 saturated carbocycles. The largest absolute Gasteiger partial charge is 0.422 e. The fraction of sp³-hybridized carbons (Fsp3) is 0.400. The molecular formula is C10H10ClF6NO. The van der Waals surface area contributed by atoms with Crippen molar-refractivity contribution < 1.29 is 31.4 Å².